The fraction of sp³-hybridized carbons (Fsp3) is 0.0769. The van der Waals surface area contributed by atoms with Gasteiger partial charge in [0.1, 0.15) is 0 Å². The Bertz CT molecular complexity index is 751. The third-order valence-electron chi connectivity index (χ3n) is 3.08. The van der Waals surface area contributed by atoms with Crippen molar-refractivity contribution in [1.29, 1.82) is 0 Å². The van der Waals surface area contributed by atoms with Gasteiger partial charge in [-0.2, -0.15) is 0 Å². The Kier molecular flexibility index (Phi) is 3.94. The van der Waals surface area contributed by atoms with Crippen molar-refractivity contribution in [2.24, 2.45) is 7.05 Å². The van der Waals surface area contributed by atoms with Crippen molar-refractivity contribution in [3.63, 3.8) is 0 Å². The van der Waals surface area contributed by atoms with E-state index in [0.717, 1.165) is 21.8 Å². The van der Waals surface area contributed by atoms with Crippen LogP contribution in [0.2, 0.25) is 0 Å². The minimum Gasteiger partial charge on any atom is -0.768 e. The summed E-state index contributed by atoms with van der Waals surface area (Å²) in [6, 6.07) is 13.2. The van der Waals surface area contributed by atoms with Crippen molar-refractivity contribution in [3.05, 3.63) is 42.5 Å². The minimum atomic E-state index is -2.18. The largest absolute Gasteiger partial charge is 1.00 e. The van der Waals surface area contributed by atoms with Crippen LogP contribution in [0, 0.1) is 0 Å². The standard InChI is InChI=1S/C13H11NO2S.Na/c1-14-12-5-3-2-4-10(12)11-8-9(17(15)16)6-7-13(11)14;/h2-8H,1H3,(H,15,16);/q;+1/p-1. The second-order valence-electron chi connectivity index (χ2n) is 3.99. The van der Waals surface area contributed by atoms with Gasteiger partial charge in [-0.1, -0.05) is 18.2 Å². The molecule has 0 aliphatic rings. The fourth-order valence-electron chi connectivity index (χ4n) is 2.25. The molecule has 0 amide bonds. The Hall–Kier alpha value is -0.650. The number of rotatable bonds is 1. The molecule has 3 rings (SSSR count). The van der Waals surface area contributed by atoms with Crippen molar-refractivity contribution in [1.82, 2.24) is 4.57 Å². The summed E-state index contributed by atoms with van der Waals surface area (Å²) in [4.78, 5) is 0.328. The van der Waals surface area contributed by atoms with Gasteiger partial charge in [0.05, 0.1) is 0 Å². The second kappa shape index (κ2) is 5.15. The molecular formula is C13H10NNaO2S. The summed E-state index contributed by atoms with van der Waals surface area (Å²) in [5.74, 6) is 0. The van der Waals surface area contributed by atoms with Crippen LogP contribution in [0.1, 0.15) is 0 Å². The van der Waals surface area contributed by atoms with Crippen molar-refractivity contribution < 1.29 is 38.3 Å². The first-order valence-electron chi connectivity index (χ1n) is 5.25. The van der Waals surface area contributed by atoms with Gasteiger partial charge in [0.2, 0.25) is 0 Å². The summed E-state index contributed by atoms with van der Waals surface area (Å²) in [6.45, 7) is 0. The van der Waals surface area contributed by atoms with Crippen molar-refractivity contribution in [2.45, 2.75) is 4.90 Å². The molecule has 2 aromatic carbocycles. The molecule has 0 spiro atoms. The number of aryl methyl sites for hydroxylation is 1. The molecule has 18 heavy (non-hydrogen) atoms. The Labute approximate surface area is 129 Å². The maximum absolute atomic E-state index is 11.0. The molecule has 0 saturated heterocycles. The normalized spacial score (nSPS) is 12.6. The molecule has 0 bridgehead atoms. The number of fused-ring (bicyclic) bond motifs is 3. The van der Waals surface area contributed by atoms with E-state index in [1.165, 1.54) is 0 Å². The van der Waals surface area contributed by atoms with Gasteiger partial charge >= 0.3 is 29.6 Å². The first-order chi connectivity index (χ1) is 8.18. The summed E-state index contributed by atoms with van der Waals surface area (Å²) in [7, 11) is 1.98. The van der Waals surface area contributed by atoms with Crippen molar-refractivity contribution in [3.8, 4) is 0 Å². The molecular weight excluding hydrogens is 257 g/mol. The maximum Gasteiger partial charge on any atom is 1.00 e. The van der Waals surface area contributed by atoms with E-state index < -0.39 is 11.1 Å². The molecule has 1 unspecified atom stereocenters. The number of para-hydroxylation sites is 1. The van der Waals surface area contributed by atoms with Gasteiger partial charge < -0.3 is 9.12 Å². The number of nitrogens with zero attached hydrogens (tertiary/aromatic N) is 1. The van der Waals surface area contributed by atoms with E-state index >= 15 is 0 Å². The maximum atomic E-state index is 11.0. The van der Waals surface area contributed by atoms with E-state index in [-0.39, 0.29) is 29.6 Å². The van der Waals surface area contributed by atoms with Crippen LogP contribution in [0.15, 0.2) is 47.4 Å². The predicted molar refractivity (Wildman–Crippen MR) is 67.6 cm³/mol. The molecule has 5 heteroatoms. The second-order valence-corrected chi connectivity index (χ2v) is 4.93. The predicted octanol–water partition coefficient (Wildman–Crippen LogP) is -0.427. The van der Waals surface area contributed by atoms with Crippen LogP contribution in [0.5, 0.6) is 0 Å². The van der Waals surface area contributed by atoms with E-state index in [4.69, 9.17) is 0 Å². The Morgan fingerprint density at radius 3 is 2.44 bits per heavy atom. The molecule has 0 radical (unpaired) electrons. The molecule has 0 aliphatic carbocycles. The summed E-state index contributed by atoms with van der Waals surface area (Å²) in [5.41, 5.74) is 2.15. The van der Waals surface area contributed by atoms with Gasteiger partial charge in [-0.15, -0.1) is 0 Å². The van der Waals surface area contributed by atoms with E-state index in [1.807, 2.05) is 37.4 Å². The average Bonchev–Trinajstić information content (AvgIpc) is 2.64. The SMILES string of the molecule is Cn1c2ccccc2c2cc(S(=O)[O-])ccc21.[Na+]. The van der Waals surface area contributed by atoms with Crippen LogP contribution in [0.25, 0.3) is 21.8 Å². The third kappa shape index (κ3) is 2.04. The van der Waals surface area contributed by atoms with Crippen molar-refractivity contribution in [2.75, 3.05) is 0 Å². The monoisotopic (exact) mass is 267 g/mol. The molecule has 3 nitrogen and oxygen atoms in total. The number of benzene rings is 2. The van der Waals surface area contributed by atoms with Crippen LogP contribution in [0.4, 0.5) is 0 Å². The zero-order valence-electron chi connectivity index (χ0n) is 10.2. The van der Waals surface area contributed by atoms with Gasteiger partial charge in [0, 0.05) is 33.7 Å². The molecule has 0 aliphatic heterocycles. The van der Waals surface area contributed by atoms with E-state index in [9.17, 15) is 8.76 Å². The Balaban J connectivity index is 0.00000120. The Morgan fingerprint density at radius 1 is 1.06 bits per heavy atom. The zero-order valence-corrected chi connectivity index (χ0v) is 13.0. The van der Waals surface area contributed by atoms with E-state index in [2.05, 4.69) is 4.57 Å². The smallest absolute Gasteiger partial charge is 0.768 e. The third-order valence-corrected chi connectivity index (χ3v) is 3.72. The number of hydrogen-bond acceptors (Lipinski definition) is 2. The molecule has 3 aromatic rings. The van der Waals surface area contributed by atoms with Crippen LogP contribution in [-0.4, -0.2) is 13.3 Å². The number of aromatic nitrogens is 1. The first kappa shape index (κ1) is 13.8. The van der Waals surface area contributed by atoms with E-state index in [1.54, 1.807) is 12.1 Å². The minimum absolute atomic E-state index is 0. The molecule has 1 atom stereocenters. The van der Waals surface area contributed by atoms with E-state index in [0.29, 0.717) is 4.90 Å². The van der Waals surface area contributed by atoms with Crippen molar-refractivity contribution >= 4 is 32.9 Å². The van der Waals surface area contributed by atoms with Gasteiger partial charge in [0.25, 0.3) is 0 Å². The topological polar surface area (TPSA) is 45.1 Å². The molecule has 0 saturated carbocycles. The molecule has 0 N–H and O–H groups in total. The summed E-state index contributed by atoms with van der Waals surface area (Å²) < 4.78 is 24.0. The van der Waals surface area contributed by atoms with Crippen LogP contribution < -0.4 is 29.6 Å². The number of hydrogen-bond donors (Lipinski definition) is 0. The van der Waals surface area contributed by atoms with Crippen LogP contribution in [0.3, 0.4) is 0 Å². The van der Waals surface area contributed by atoms with Gasteiger partial charge in [-0.25, -0.2) is 0 Å². The molecule has 0 fully saturated rings. The van der Waals surface area contributed by atoms with Gasteiger partial charge in [-0.05, 0) is 35.3 Å². The van der Waals surface area contributed by atoms with Gasteiger partial charge in [-0.3, -0.25) is 4.21 Å². The summed E-state index contributed by atoms with van der Waals surface area (Å²) >= 11 is -2.18. The van der Waals surface area contributed by atoms with Crippen LogP contribution in [-0.2, 0) is 18.1 Å². The molecule has 86 valence electrons. The van der Waals surface area contributed by atoms with Crippen LogP contribution >= 0.6 is 0 Å². The summed E-state index contributed by atoms with van der Waals surface area (Å²) in [6.07, 6.45) is 0. The summed E-state index contributed by atoms with van der Waals surface area (Å²) in [5, 5.41) is 2.06. The first-order valence-corrected chi connectivity index (χ1v) is 6.32. The molecule has 1 aromatic heterocycles. The average molecular weight is 267 g/mol. The Morgan fingerprint density at radius 2 is 1.72 bits per heavy atom. The zero-order chi connectivity index (χ0) is 12.0. The quantitative estimate of drug-likeness (QED) is 0.444. The molecule has 1 heterocycles. The fourth-order valence-corrected chi connectivity index (χ4v) is 2.64. The van der Waals surface area contributed by atoms with Gasteiger partial charge in [0.15, 0.2) is 0 Å².